The lowest BCUT2D eigenvalue weighted by Gasteiger charge is -2.30. The zero-order valence-electron chi connectivity index (χ0n) is 12.2. The third-order valence-electron chi connectivity index (χ3n) is 3.40. The number of carbonyl (C=O) groups is 2. The molecule has 1 aliphatic heterocycles. The molecule has 1 fully saturated rings. The van der Waals surface area contributed by atoms with Gasteiger partial charge in [0.15, 0.2) is 0 Å². The third kappa shape index (κ3) is 4.64. The van der Waals surface area contributed by atoms with E-state index in [0.29, 0.717) is 39.3 Å². The van der Waals surface area contributed by atoms with Gasteiger partial charge in [-0.2, -0.15) is 0 Å². The first-order chi connectivity index (χ1) is 9.61. The van der Waals surface area contributed by atoms with Gasteiger partial charge in [0.2, 0.25) is 0 Å². The van der Waals surface area contributed by atoms with Gasteiger partial charge in [0.25, 0.3) is 0 Å². The summed E-state index contributed by atoms with van der Waals surface area (Å²) in [6, 6.07) is -0.918. The molecule has 1 saturated heterocycles. The highest BCUT2D eigenvalue weighted by molar-refractivity contribution is 5.83. The first-order valence-corrected chi connectivity index (χ1v) is 6.88. The quantitative estimate of drug-likeness (QED) is 0.663. The number of nitrogens with zero attached hydrogens (tertiary/aromatic N) is 2. The number of methoxy groups -OCH3 is 2. The Morgan fingerprint density at radius 1 is 1.25 bits per heavy atom. The Morgan fingerprint density at radius 3 is 2.55 bits per heavy atom. The van der Waals surface area contributed by atoms with Crippen LogP contribution in [0.4, 0.5) is 4.79 Å². The van der Waals surface area contributed by atoms with E-state index in [1.807, 2.05) is 0 Å². The van der Waals surface area contributed by atoms with Crippen molar-refractivity contribution in [2.45, 2.75) is 25.3 Å². The Balaban J connectivity index is 2.62. The minimum Gasteiger partial charge on any atom is -0.480 e. The molecule has 116 valence electrons. The van der Waals surface area contributed by atoms with Crippen LogP contribution in [0.15, 0.2) is 0 Å². The van der Waals surface area contributed by atoms with E-state index in [9.17, 15) is 9.59 Å². The van der Waals surface area contributed by atoms with Crippen molar-refractivity contribution in [2.24, 2.45) is 0 Å². The van der Waals surface area contributed by atoms with Gasteiger partial charge in [0.1, 0.15) is 6.04 Å². The van der Waals surface area contributed by atoms with Gasteiger partial charge >= 0.3 is 12.0 Å². The third-order valence-corrected chi connectivity index (χ3v) is 3.40. The summed E-state index contributed by atoms with van der Waals surface area (Å²) in [4.78, 5) is 26.7. The molecule has 0 unspecified atom stereocenters. The number of aliphatic carboxylic acids is 1. The Hall–Kier alpha value is -1.34. The standard InChI is InChI=1S/C13H24N2O5/c1-19-9-4-6-14(8-10-20-2)13(18)15-7-3-5-11(15)12(16)17/h11H,3-10H2,1-2H3,(H,16,17)/t11-/m0/s1. The van der Waals surface area contributed by atoms with Crippen LogP contribution in [0, 0.1) is 0 Å². The van der Waals surface area contributed by atoms with Crippen LogP contribution >= 0.6 is 0 Å². The number of likely N-dealkylation sites (tertiary alicyclic amines) is 1. The van der Waals surface area contributed by atoms with Crippen LogP contribution in [0.2, 0.25) is 0 Å². The zero-order chi connectivity index (χ0) is 15.0. The molecule has 0 aliphatic carbocycles. The molecule has 1 atom stereocenters. The predicted octanol–water partition coefficient (Wildman–Crippen LogP) is 0.640. The van der Waals surface area contributed by atoms with Gasteiger partial charge in [-0.05, 0) is 19.3 Å². The van der Waals surface area contributed by atoms with E-state index in [1.54, 1.807) is 19.1 Å². The second kappa shape index (κ2) is 8.76. The van der Waals surface area contributed by atoms with E-state index >= 15 is 0 Å². The second-order valence-electron chi connectivity index (χ2n) is 4.80. The summed E-state index contributed by atoms with van der Waals surface area (Å²) in [5, 5.41) is 9.15. The maximum absolute atomic E-state index is 12.5. The van der Waals surface area contributed by atoms with Crippen molar-refractivity contribution in [3.05, 3.63) is 0 Å². The van der Waals surface area contributed by atoms with Crippen molar-refractivity contribution < 1.29 is 24.2 Å². The van der Waals surface area contributed by atoms with E-state index in [1.165, 1.54) is 4.90 Å². The van der Waals surface area contributed by atoms with E-state index in [4.69, 9.17) is 14.6 Å². The van der Waals surface area contributed by atoms with Gasteiger partial charge in [0.05, 0.1) is 6.61 Å². The van der Waals surface area contributed by atoms with Crippen molar-refractivity contribution in [2.75, 3.05) is 47.1 Å². The highest BCUT2D eigenvalue weighted by Crippen LogP contribution is 2.19. The number of rotatable bonds is 8. The van der Waals surface area contributed by atoms with Crippen molar-refractivity contribution in [1.29, 1.82) is 0 Å². The maximum Gasteiger partial charge on any atom is 0.326 e. The molecule has 1 rings (SSSR count). The van der Waals surface area contributed by atoms with Gasteiger partial charge in [0, 0.05) is 40.5 Å². The fourth-order valence-corrected chi connectivity index (χ4v) is 2.34. The molecule has 7 heteroatoms. The summed E-state index contributed by atoms with van der Waals surface area (Å²) < 4.78 is 9.99. The molecule has 0 saturated carbocycles. The van der Waals surface area contributed by atoms with Gasteiger partial charge in [-0.15, -0.1) is 0 Å². The van der Waals surface area contributed by atoms with Crippen molar-refractivity contribution >= 4 is 12.0 Å². The first kappa shape index (κ1) is 16.7. The summed E-state index contributed by atoms with van der Waals surface area (Å²) >= 11 is 0. The molecule has 7 nitrogen and oxygen atoms in total. The van der Waals surface area contributed by atoms with Crippen LogP contribution in [0.25, 0.3) is 0 Å². The molecule has 0 aromatic heterocycles. The average molecular weight is 288 g/mol. The topological polar surface area (TPSA) is 79.3 Å². The molecule has 0 aromatic carbocycles. The van der Waals surface area contributed by atoms with Crippen molar-refractivity contribution in [3.63, 3.8) is 0 Å². The van der Waals surface area contributed by atoms with Gasteiger partial charge in [-0.3, -0.25) is 0 Å². The fourth-order valence-electron chi connectivity index (χ4n) is 2.34. The summed E-state index contributed by atoms with van der Waals surface area (Å²) in [5.41, 5.74) is 0. The minimum absolute atomic E-state index is 0.219. The van der Waals surface area contributed by atoms with E-state index < -0.39 is 12.0 Å². The van der Waals surface area contributed by atoms with E-state index in [0.717, 1.165) is 12.8 Å². The van der Waals surface area contributed by atoms with Crippen LogP contribution in [0.3, 0.4) is 0 Å². The molecular formula is C13H24N2O5. The Bertz CT molecular complexity index is 324. The van der Waals surface area contributed by atoms with Crippen LogP contribution in [-0.2, 0) is 14.3 Å². The van der Waals surface area contributed by atoms with Crippen LogP contribution in [0.5, 0.6) is 0 Å². The fraction of sp³-hybridized carbons (Fsp3) is 0.846. The maximum atomic E-state index is 12.5. The number of urea groups is 1. The van der Waals surface area contributed by atoms with Crippen LogP contribution in [-0.4, -0.2) is 80.0 Å². The number of carbonyl (C=O) groups excluding carboxylic acids is 1. The molecule has 1 aliphatic rings. The lowest BCUT2D eigenvalue weighted by molar-refractivity contribution is -0.141. The Morgan fingerprint density at radius 2 is 1.95 bits per heavy atom. The van der Waals surface area contributed by atoms with Crippen LogP contribution < -0.4 is 0 Å². The average Bonchev–Trinajstić information content (AvgIpc) is 2.91. The van der Waals surface area contributed by atoms with Crippen molar-refractivity contribution in [3.8, 4) is 0 Å². The summed E-state index contributed by atoms with van der Waals surface area (Å²) in [5.74, 6) is -0.931. The lowest BCUT2D eigenvalue weighted by atomic mass is 10.2. The highest BCUT2D eigenvalue weighted by Gasteiger charge is 2.35. The number of hydrogen-bond donors (Lipinski definition) is 1. The number of ether oxygens (including phenoxy) is 2. The summed E-state index contributed by atoms with van der Waals surface area (Å²) in [7, 11) is 3.19. The second-order valence-corrected chi connectivity index (χ2v) is 4.80. The number of carboxylic acid groups (broad SMARTS) is 1. The van der Waals surface area contributed by atoms with E-state index in [-0.39, 0.29) is 6.03 Å². The molecule has 0 spiro atoms. The lowest BCUT2D eigenvalue weighted by Crippen LogP contribution is -2.49. The smallest absolute Gasteiger partial charge is 0.326 e. The monoisotopic (exact) mass is 288 g/mol. The largest absolute Gasteiger partial charge is 0.480 e. The van der Waals surface area contributed by atoms with Gasteiger partial charge in [-0.1, -0.05) is 0 Å². The zero-order valence-corrected chi connectivity index (χ0v) is 12.2. The Kier molecular flexibility index (Phi) is 7.32. The highest BCUT2D eigenvalue weighted by atomic mass is 16.5. The van der Waals surface area contributed by atoms with Gasteiger partial charge < -0.3 is 24.4 Å². The number of hydrogen-bond acceptors (Lipinski definition) is 4. The SMILES string of the molecule is COCCCN(CCOC)C(=O)N1CCC[C@H]1C(=O)O. The van der Waals surface area contributed by atoms with Gasteiger partial charge in [-0.25, -0.2) is 9.59 Å². The molecule has 20 heavy (non-hydrogen) atoms. The summed E-state index contributed by atoms with van der Waals surface area (Å²) in [6.45, 7) is 2.51. The van der Waals surface area contributed by atoms with E-state index in [2.05, 4.69) is 0 Å². The first-order valence-electron chi connectivity index (χ1n) is 6.88. The number of amides is 2. The Labute approximate surface area is 119 Å². The predicted molar refractivity (Wildman–Crippen MR) is 72.7 cm³/mol. The van der Waals surface area contributed by atoms with Crippen molar-refractivity contribution in [1.82, 2.24) is 9.80 Å². The van der Waals surface area contributed by atoms with Crippen LogP contribution in [0.1, 0.15) is 19.3 Å². The normalized spacial score (nSPS) is 18.3. The summed E-state index contributed by atoms with van der Waals surface area (Å²) in [6.07, 6.45) is 1.98. The molecule has 0 radical (unpaired) electrons. The molecule has 1 heterocycles. The minimum atomic E-state index is -0.931. The molecule has 0 aromatic rings. The molecular weight excluding hydrogens is 264 g/mol. The molecule has 2 amide bonds. The molecule has 1 N–H and O–H groups in total. The molecule has 0 bridgehead atoms. The number of carboxylic acids is 1.